The standard InChI is InChI=1S/C26H46O4/c1-2-3-4-5-6-7-8-9-10-11-15-18-27-19-20-28-21-22-29-23-24-30-25-26-16-13-12-14-17-26/h12-14,16-17H,2-11,15,18-25H2,1H3. The van der Waals surface area contributed by atoms with Crippen LogP contribution >= 0.6 is 0 Å². The summed E-state index contributed by atoms with van der Waals surface area (Å²) in [4.78, 5) is 0. The number of rotatable bonds is 23. The molecule has 0 aliphatic heterocycles. The minimum atomic E-state index is 0.603. The molecule has 0 N–H and O–H groups in total. The number of hydrogen-bond donors (Lipinski definition) is 0. The Hall–Kier alpha value is -0.940. The van der Waals surface area contributed by atoms with Crippen LogP contribution in [0.15, 0.2) is 30.3 Å². The van der Waals surface area contributed by atoms with Gasteiger partial charge in [-0.25, -0.2) is 0 Å². The number of unbranched alkanes of at least 4 members (excludes halogenated alkanes) is 10. The van der Waals surface area contributed by atoms with Crippen LogP contribution in [-0.2, 0) is 25.6 Å². The van der Waals surface area contributed by atoms with Crippen molar-refractivity contribution in [3.63, 3.8) is 0 Å². The van der Waals surface area contributed by atoms with Gasteiger partial charge in [0, 0.05) is 6.61 Å². The smallest absolute Gasteiger partial charge is 0.0718 e. The highest BCUT2D eigenvalue weighted by molar-refractivity contribution is 5.13. The van der Waals surface area contributed by atoms with E-state index < -0.39 is 0 Å². The maximum atomic E-state index is 5.63. The van der Waals surface area contributed by atoms with Crippen LogP contribution in [-0.4, -0.2) is 46.2 Å². The van der Waals surface area contributed by atoms with Crippen molar-refractivity contribution in [2.45, 2.75) is 84.2 Å². The van der Waals surface area contributed by atoms with Gasteiger partial charge in [-0.2, -0.15) is 0 Å². The van der Waals surface area contributed by atoms with Gasteiger partial charge in [0.1, 0.15) is 0 Å². The summed E-state index contributed by atoms with van der Waals surface area (Å²) in [5, 5.41) is 0. The molecule has 30 heavy (non-hydrogen) atoms. The highest BCUT2D eigenvalue weighted by Crippen LogP contribution is 2.11. The van der Waals surface area contributed by atoms with Crippen molar-refractivity contribution in [2.24, 2.45) is 0 Å². The molecule has 0 spiro atoms. The molecule has 0 fully saturated rings. The van der Waals surface area contributed by atoms with E-state index in [0.29, 0.717) is 46.2 Å². The second kappa shape index (κ2) is 22.7. The van der Waals surface area contributed by atoms with Crippen molar-refractivity contribution in [1.29, 1.82) is 0 Å². The summed E-state index contributed by atoms with van der Waals surface area (Å²) >= 11 is 0. The molecule has 0 aromatic heterocycles. The summed E-state index contributed by atoms with van der Waals surface area (Å²) in [5.74, 6) is 0. The molecule has 0 amide bonds. The van der Waals surface area contributed by atoms with Crippen LogP contribution in [0.4, 0.5) is 0 Å². The third-order valence-electron chi connectivity index (χ3n) is 5.12. The lowest BCUT2D eigenvalue weighted by atomic mass is 10.1. The molecule has 0 aliphatic rings. The van der Waals surface area contributed by atoms with Crippen molar-refractivity contribution in [3.8, 4) is 0 Å². The van der Waals surface area contributed by atoms with E-state index in [1.807, 2.05) is 18.2 Å². The lowest BCUT2D eigenvalue weighted by Crippen LogP contribution is -2.12. The monoisotopic (exact) mass is 422 g/mol. The molecular formula is C26H46O4. The zero-order chi connectivity index (χ0) is 21.4. The summed E-state index contributed by atoms with van der Waals surface area (Å²) in [7, 11) is 0. The summed E-state index contributed by atoms with van der Waals surface area (Å²) in [6, 6.07) is 10.2. The molecule has 4 heteroatoms. The summed E-state index contributed by atoms with van der Waals surface area (Å²) in [5.41, 5.74) is 1.19. The van der Waals surface area contributed by atoms with E-state index in [1.54, 1.807) is 0 Å². The molecule has 1 rings (SSSR count). The summed E-state index contributed by atoms with van der Waals surface area (Å²) in [6.07, 6.45) is 15.0. The van der Waals surface area contributed by atoms with Crippen molar-refractivity contribution < 1.29 is 18.9 Å². The normalized spacial score (nSPS) is 11.2. The highest BCUT2D eigenvalue weighted by Gasteiger charge is 1.95. The molecule has 0 unspecified atom stereocenters. The number of ether oxygens (including phenoxy) is 4. The fourth-order valence-corrected chi connectivity index (χ4v) is 3.29. The first-order chi connectivity index (χ1) is 14.9. The third kappa shape index (κ3) is 19.0. The molecule has 4 nitrogen and oxygen atoms in total. The van der Waals surface area contributed by atoms with Gasteiger partial charge in [-0.05, 0) is 12.0 Å². The maximum Gasteiger partial charge on any atom is 0.0718 e. The first kappa shape index (κ1) is 27.1. The zero-order valence-electron chi connectivity index (χ0n) is 19.5. The van der Waals surface area contributed by atoms with Crippen molar-refractivity contribution in [1.82, 2.24) is 0 Å². The summed E-state index contributed by atoms with van der Waals surface area (Å²) < 4.78 is 22.2. The minimum absolute atomic E-state index is 0.603. The van der Waals surface area contributed by atoms with Gasteiger partial charge in [-0.3, -0.25) is 0 Å². The van der Waals surface area contributed by atoms with Gasteiger partial charge >= 0.3 is 0 Å². The van der Waals surface area contributed by atoms with Gasteiger partial charge in [0.15, 0.2) is 0 Å². The van der Waals surface area contributed by atoms with E-state index in [4.69, 9.17) is 18.9 Å². The van der Waals surface area contributed by atoms with E-state index in [-0.39, 0.29) is 0 Å². The second-order valence-corrected chi connectivity index (χ2v) is 7.91. The van der Waals surface area contributed by atoms with Crippen molar-refractivity contribution >= 4 is 0 Å². The van der Waals surface area contributed by atoms with Crippen LogP contribution in [0.3, 0.4) is 0 Å². The Balaban J connectivity index is 1.65. The molecule has 0 saturated carbocycles. The summed E-state index contributed by atoms with van der Waals surface area (Å²) in [6.45, 7) is 7.52. The molecule has 0 saturated heterocycles. The Morgan fingerprint density at radius 1 is 0.467 bits per heavy atom. The van der Waals surface area contributed by atoms with Crippen LogP contribution in [0.5, 0.6) is 0 Å². The lowest BCUT2D eigenvalue weighted by Gasteiger charge is -2.08. The fraction of sp³-hybridized carbons (Fsp3) is 0.769. The van der Waals surface area contributed by atoms with Crippen molar-refractivity contribution in [2.75, 3.05) is 46.2 Å². The molecule has 0 aliphatic carbocycles. The van der Waals surface area contributed by atoms with Crippen LogP contribution in [0.2, 0.25) is 0 Å². The molecule has 1 aromatic carbocycles. The fourth-order valence-electron chi connectivity index (χ4n) is 3.29. The van der Waals surface area contributed by atoms with Crippen LogP contribution < -0.4 is 0 Å². The van der Waals surface area contributed by atoms with E-state index in [2.05, 4.69) is 19.1 Å². The van der Waals surface area contributed by atoms with E-state index in [9.17, 15) is 0 Å². The Morgan fingerprint density at radius 2 is 0.900 bits per heavy atom. The molecule has 1 aromatic rings. The molecule has 0 radical (unpaired) electrons. The predicted molar refractivity (Wildman–Crippen MR) is 125 cm³/mol. The molecule has 174 valence electrons. The lowest BCUT2D eigenvalue weighted by molar-refractivity contribution is -0.00440. The Bertz CT molecular complexity index is 438. The molecule has 0 atom stereocenters. The predicted octanol–water partition coefficient (Wildman–Crippen LogP) is 6.56. The molecule has 0 bridgehead atoms. The maximum absolute atomic E-state index is 5.63. The van der Waals surface area contributed by atoms with Crippen LogP contribution in [0.1, 0.15) is 83.1 Å². The van der Waals surface area contributed by atoms with E-state index in [1.165, 1.54) is 76.2 Å². The third-order valence-corrected chi connectivity index (χ3v) is 5.12. The van der Waals surface area contributed by atoms with Crippen LogP contribution in [0, 0.1) is 0 Å². The first-order valence-corrected chi connectivity index (χ1v) is 12.3. The number of benzene rings is 1. The quantitative estimate of drug-likeness (QED) is 0.187. The first-order valence-electron chi connectivity index (χ1n) is 12.3. The van der Waals surface area contributed by atoms with E-state index in [0.717, 1.165) is 6.61 Å². The Labute approximate surface area is 185 Å². The van der Waals surface area contributed by atoms with Gasteiger partial charge in [-0.15, -0.1) is 0 Å². The van der Waals surface area contributed by atoms with Gasteiger partial charge in [0.05, 0.1) is 46.2 Å². The topological polar surface area (TPSA) is 36.9 Å². The minimum Gasteiger partial charge on any atom is -0.379 e. The van der Waals surface area contributed by atoms with Gasteiger partial charge in [0.2, 0.25) is 0 Å². The SMILES string of the molecule is CCCCCCCCCCCCCOCCOCCOCCOCc1ccccc1. The number of hydrogen-bond acceptors (Lipinski definition) is 4. The van der Waals surface area contributed by atoms with Gasteiger partial charge in [-0.1, -0.05) is 101 Å². The second-order valence-electron chi connectivity index (χ2n) is 7.91. The van der Waals surface area contributed by atoms with Gasteiger partial charge < -0.3 is 18.9 Å². The molecule has 0 heterocycles. The Morgan fingerprint density at radius 3 is 1.43 bits per heavy atom. The molecular weight excluding hydrogens is 376 g/mol. The highest BCUT2D eigenvalue weighted by atomic mass is 16.6. The Kier molecular flexibility index (Phi) is 20.5. The van der Waals surface area contributed by atoms with Gasteiger partial charge in [0.25, 0.3) is 0 Å². The van der Waals surface area contributed by atoms with Crippen molar-refractivity contribution in [3.05, 3.63) is 35.9 Å². The average Bonchev–Trinajstić information content (AvgIpc) is 2.78. The van der Waals surface area contributed by atoms with E-state index >= 15 is 0 Å². The largest absolute Gasteiger partial charge is 0.379 e. The average molecular weight is 423 g/mol. The zero-order valence-corrected chi connectivity index (χ0v) is 19.5. The van der Waals surface area contributed by atoms with Crippen LogP contribution in [0.25, 0.3) is 0 Å².